The summed E-state index contributed by atoms with van der Waals surface area (Å²) < 4.78 is 0. The van der Waals surface area contributed by atoms with Gasteiger partial charge < -0.3 is 0 Å². The van der Waals surface area contributed by atoms with Crippen LogP contribution in [0.25, 0.3) is 0 Å². The van der Waals surface area contributed by atoms with Gasteiger partial charge >= 0.3 is 0 Å². The van der Waals surface area contributed by atoms with Gasteiger partial charge in [0.05, 0.1) is 5.69 Å². The molecule has 0 radical (unpaired) electrons. The molecule has 0 bridgehead atoms. The zero-order valence-electron chi connectivity index (χ0n) is 7.88. The van der Waals surface area contributed by atoms with Crippen LogP contribution in [0.2, 0.25) is 0 Å². The van der Waals surface area contributed by atoms with E-state index in [-0.39, 0.29) is 0 Å². The molecule has 0 atom stereocenters. The van der Waals surface area contributed by atoms with E-state index in [0.29, 0.717) is 0 Å². The first-order valence-electron chi connectivity index (χ1n) is 4.30. The molecule has 1 aromatic heterocycles. The predicted octanol–water partition coefficient (Wildman–Crippen LogP) is 3.10. The molecule has 0 fully saturated rings. The Hall–Kier alpha value is -1.96. The summed E-state index contributed by atoms with van der Waals surface area (Å²) >= 11 is 0. The van der Waals surface area contributed by atoms with Crippen molar-refractivity contribution in [2.45, 2.75) is 0 Å². The molecule has 2 nitrogen and oxygen atoms in total. The number of nitrogens with zero attached hydrogens (tertiary/aromatic N) is 2. The summed E-state index contributed by atoms with van der Waals surface area (Å²) in [6.07, 6.45) is 3.50. The summed E-state index contributed by atoms with van der Waals surface area (Å²) in [7, 11) is 0. The van der Waals surface area contributed by atoms with E-state index >= 15 is 0 Å². The summed E-state index contributed by atoms with van der Waals surface area (Å²) in [5.41, 5.74) is 0.924. The maximum Gasteiger partial charge on any atom is 0.0622 e. The molecule has 0 unspecified atom stereocenters. The lowest BCUT2D eigenvalue weighted by Crippen LogP contribution is -1.58. The lowest BCUT2D eigenvalue weighted by atomic mass is 10.3. The summed E-state index contributed by atoms with van der Waals surface area (Å²) in [5, 5.41) is 0. The molecule has 1 aromatic carbocycles. The number of benzene rings is 1. The van der Waals surface area contributed by atoms with Gasteiger partial charge in [0.25, 0.3) is 0 Å². The highest BCUT2D eigenvalue weighted by Crippen LogP contribution is 2.06. The standard InChI is InChI=1S/C7H7N.C5H5N/c1-8-7-5-3-2-4-6-7;1-2-4-6-5-3-1/h2-6H,1H2;1-5H. The highest BCUT2D eigenvalue weighted by atomic mass is 14.7. The van der Waals surface area contributed by atoms with Crippen LogP contribution in [0.15, 0.2) is 65.9 Å². The van der Waals surface area contributed by atoms with E-state index in [1.165, 1.54) is 0 Å². The lowest BCUT2D eigenvalue weighted by molar-refractivity contribution is 1.33. The third-order valence-corrected chi connectivity index (χ3v) is 1.51. The number of pyridine rings is 1. The third-order valence-electron chi connectivity index (χ3n) is 1.51. The van der Waals surface area contributed by atoms with Gasteiger partial charge in [0.15, 0.2) is 0 Å². The number of hydrogen-bond donors (Lipinski definition) is 0. The van der Waals surface area contributed by atoms with Gasteiger partial charge in [-0.25, -0.2) is 0 Å². The van der Waals surface area contributed by atoms with E-state index in [4.69, 9.17) is 0 Å². The van der Waals surface area contributed by atoms with E-state index in [1.807, 2.05) is 48.5 Å². The number of para-hydroxylation sites is 1. The molecule has 0 saturated carbocycles. The van der Waals surface area contributed by atoms with Gasteiger partial charge in [0.1, 0.15) is 0 Å². The van der Waals surface area contributed by atoms with Gasteiger partial charge in [0.2, 0.25) is 0 Å². The van der Waals surface area contributed by atoms with Crippen LogP contribution >= 0.6 is 0 Å². The van der Waals surface area contributed by atoms with Crippen LogP contribution in [0, 0.1) is 0 Å². The van der Waals surface area contributed by atoms with Gasteiger partial charge in [-0.3, -0.25) is 9.98 Å². The van der Waals surface area contributed by atoms with Crippen molar-refractivity contribution in [3.8, 4) is 0 Å². The Balaban J connectivity index is 0.000000146. The first kappa shape index (κ1) is 10.1. The summed E-state index contributed by atoms with van der Waals surface area (Å²) in [6, 6.07) is 15.4. The largest absolute Gasteiger partial charge is 0.265 e. The zero-order chi connectivity index (χ0) is 10.1. The van der Waals surface area contributed by atoms with E-state index in [9.17, 15) is 0 Å². The number of aromatic nitrogens is 1. The van der Waals surface area contributed by atoms with Gasteiger partial charge in [0, 0.05) is 12.4 Å². The molecule has 0 amide bonds. The smallest absolute Gasteiger partial charge is 0.0622 e. The minimum Gasteiger partial charge on any atom is -0.265 e. The molecule has 0 N–H and O–H groups in total. The molecule has 70 valence electrons. The molecule has 14 heavy (non-hydrogen) atoms. The van der Waals surface area contributed by atoms with Gasteiger partial charge in [-0.05, 0) is 31.0 Å². The molecular formula is C12H12N2. The van der Waals surface area contributed by atoms with Crippen molar-refractivity contribution in [3.05, 3.63) is 60.9 Å². The van der Waals surface area contributed by atoms with Crippen LogP contribution in [0.3, 0.4) is 0 Å². The first-order chi connectivity index (χ1) is 6.93. The first-order valence-corrected chi connectivity index (χ1v) is 4.30. The predicted molar refractivity (Wildman–Crippen MR) is 59.9 cm³/mol. The maximum absolute atomic E-state index is 3.78. The molecule has 0 aliphatic heterocycles. The number of rotatable bonds is 1. The highest BCUT2D eigenvalue weighted by molar-refractivity contribution is 5.44. The second kappa shape index (κ2) is 6.54. The lowest BCUT2D eigenvalue weighted by Gasteiger charge is -1.84. The van der Waals surface area contributed by atoms with Crippen molar-refractivity contribution in [2.75, 3.05) is 0 Å². The SMILES string of the molecule is C=Nc1ccccc1.c1ccncc1. The number of hydrogen-bond acceptors (Lipinski definition) is 2. The van der Waals surface area contributed by atoms with Crippen molar-refractivity contribution in [2.24, 2.45) is 4.99 Å². The minimum atomic E-state index is 0.924. The molecule has 0 aliphatic rings. The van der Waals surface area contributed by atoms with Crippen molar-refractivity contribution >= 4 is 12.4 Å². The molecule has 0 aliphatic carbocycles. The summed E-state index contributed by atoms with van der Waals surface area (Å²) in [5.74, 6) is 0. The second-order valence-electron chi connectivity index (χ2n) is 2.52. The van der Waals surface area contributed by atoms with Crippen LogP contribution in [0.1, 0.15) is 0 Å². The zero-order valence-corrected chi connectivity index (χ0v) is 7.88. The Kier molecular flexibility index (Phi) is 4.73. The van der Waals surface area contributed by atoms with Crippen molar-refractivity contribution in [1.82, 2.24) is 4.98 Å². The Morgan fingerprint density at radius 3 is 1.71 bits per heavy atom. The second-order valence-corrected chi connectivity index (χ2v) is 2.52. The average Bonchev–Trinajstić information content (AvgIpc) is 2.33. The molecule has 1 heterocycles. The molecule has 2 rings (SSSR count). The third kappa shape index (κ3) is 4.16. The van der Waals surface area contributed by atoms with E-state index in [1.54, 1.807) is 12.4 Å². The van der Waals surface area contributed by atoms with Crippen LogP contribution in [0.5, 0.6) is 0 Å². The highest BCUT2D eigenvalue weighted by Gasteiger charge is 1.77. The van der Waals surface area contributed by atoms with Gasteiger partial charge in [-0.1, -0.05) is 24.3 Å². The summed E-state index contributed by atoms with van der Waals surface area (Å²) in [6.45, 7) is 3.38. The van der Waals surface area contributed by atoms with Crippen LogP contribution in [0.4, 0.5) is 5.69 Å². The number of aliphatic imine (C=N–C) groups is 1. The Morgan fingerprint density at radius 2 is 1.43 bits per heavy atom. The molecule has 0 spiro atoms. The van der Waals surface area contributed by atoms with Crippen LogP contribution < -0.4 is 0 Å². The summed E-state index contributed by atoms with van der Waals surface area (Å²) in [4.78, 5) is 7.51. The van der Waals surface area contributed by atoms with Crippen molar-refractivity contribution in [3.63, 3.8) is 0 Å². The molecule has 0 saturated heterocycles. The topological polar surface area (TPSA) is 25.2 Å². The normalized spacial score (nSPS) is 8.29. The maximum atomic E-state index is 3.78. The Labute approximate surface area is 84.0 Å². The molecule has 2 aromatic rings. The fourth-order valence-corrected chi connectivity index (χ4v) is 0.846. The van der Waals surface area contributed by atoms with E-state index in [2.05, 4.69) is 16.7 Å². The fourth-order valence-electron chi connectivity index (χ4n) is 0.846. The van der Waals surface area contributed by atoms with Crippen molar-refractivity contribution in [1.29, 1.82) is 0 Å². The van der Waals surface area contributed by atoms with Gasteiger partial charge in [-0.2, -0.15) is 0 Å². The monoisotopic (exact) mass is 184 g/mol. The van der Waals surface area contributed by atoms with Crippen LogP contribution in [-0.4, -0.2) is 11.7 Å². The molecular weight excluding hydrogens is 172 g/mol. The van der Waals surface area contributed by atoms with Crippen LogP contribution in [-0.2, 0) is 0 Å². The average molecular weight is 184 g/mol. The minimum absolute atomic E-state index is 0.924. The molecule has 2 heteroatoms. The fraction of sp³-hybridized carbons (Fsp3) is 0. The van der Waals surface area contributed by atoms with Crippen molar-refractivity contribution < 1.29 is 0 Å². The van der Waals surface area contributed by atoms with Gasteiger partial charge in [-0.15, -0.1) is 0 Å². The van der Waals surface area contributed by atoms with E-state index < -0.39 is 0 Å². The van der Waals surface area contributed by atoms with E-state index in [0.717, 1.165) is 5.69 Å². The Morgan fingerprint density at radius 1 is 0.857 bits per heavy atom. The quantitative estimate of drug-likeness (QED) is 0.625. The Bertz CT molecular complexity index is 317.